The van der Waals surface area contributed by atoms with E-state index in [0.717, 1.165) is 31.4 Å². The molecule has 1 N–H and O–H groups in total. The first-order valence-corrected chi connectivity index (χ1v) is 15.2. The Kier molecular flexibility index (Phi) is 7.44. The molecule has 9 heteroatoms. The van der Waals surface area contributed by atoms with Crippen molar-refractivity contribution >= 4 is 23.4 Å². The number of carbonyl (C=O) groups excluding carboxylic acids is 3. The third-order valence-electron chi connectivity index (χ3n) is 9.62. The summed E-state index contributed by atoms with van der Waals surface area (Å²) in [6.07, 6.45) is 13.3. The summed E-state index contributed by atoms with van der Waals surface area (Å²) in [7, 11) is 0. The van der Waals surface area contributed by atoms with E-state index in [4.69, 9.17) is 9.47 Å². The number of nitrogens with zero attached hydrogens (tertiary/aromatic N) is 3. The summed E-state index contributed by atoms with van der Waals surface area (Å²) >= 11 is 0. The molecule has 3 fully saturated rings. The fourth-order valence-corrected chi connectivity index (χ4v) is 7.86. The lowest BCUT2D eigenvalue weighted by Gasteiger charge is -2.40. The van der Waals surface area contributed by atoms with E-state index in [2.05, 4.69) is 0 Å². The van der Waals surface area contributed by atoms with Gasteiger partial charge in [-0.3, -0.25) is 14.4 Å². The molecule has 1 aromatic rings. The van der Waals surface area contributed by atoms with Gasteiger partial charge in [-0.15, -0.1) is 0 Å². The van der Waals surface area contributed by atoms with Crippen LogP contribution in [0.25, 0.3) is 0 Å². The summed E-state index contributed by atoms with van der Waals surface area (Å²) in [4.78, 5) is 48.5. The molecule has 5 atom stereocenters. The molecule has 6 rings (SSSR count). The molecular weight excluding hydrogens is 522 g/mol. The number of fused-ring (bicyclic) bond motifs is 2. The lowest BCUT2D eigenvalue weighted by molar-refractivity contribution is -0.152. The summed E-state index contributed by atoms with van der Waals surface area (Å²) in [5.74, 6) is -1.52. The highest BCUT2D eigenvalue weighted by Gasteiger charge is 2.74. The molecule has 1 aliphatic carbocycles. The zero-order valence-corrected chi connectivity index (χ0v) is 24.0. The van der Waals surface area contributed by atoms with E-state index in [1.807, 2.05) is 67.3 Å². The summed E-state index contributed by atoms with van der Waals surface area (Å²) in [5.41, 5.74) is -1.62. The number of hydrogen-bond donors (Lipinski definition) is 1. The van der Waals surface area contributed by atoms with Crippen LogP contribution >= 0.6 is 0 Å². The number of benzene rings is 1. The molecule has 0 radical (unpaired) electrons. The number of amides is 3. The van der Waals surface area contributed by atoms with Crippen LogP contribution in [-0.2, 0) is 19.1 Å². The Hall–Kier alpha value is -3.17. The van der Waals surface area contributed by atoms with Gasteiger partial charge >= 0.3 is 0 Å². The summed E-state index contributed by atoms with van der Waals surface area (Å²) in [5, 5.41) is 9.65. The van der Waals surface area contributed by atoms with Gasteiger partial charge < -0.3 is 29.3 Å². The molecule has 4 aliphatic heterocycles. The lowest BCUT2D eigenvalue weighted by atomic mass is 9.74. The van der Waals surface area contributed by atoms with Crippen molar-refractivity contribution in [1.82, 2.24) is 9.80 Å². The number of likely N-dealkylation sites (tertiary alicyclic amines) is 1. The summed E-state index contributed by atoms with van der Waals surface area (Å²) in [6, 6.07) is 6.64. The smallest absolute Gasteiger partial charge is 0.249 e. The van der Waals surface area contributed by atoms with Crippen LogP contribution in [0.3, 0.4) is 0 Å². The van der Waals surface area contributed by atoms with Gasteiger partial charge in [0.25, 0.3) is 0 Å². The first-order chi connectivity index (χ1) is 19.8. The Morgan fingerprint density at radius 2 is 1.68 bits per heavy atom. The number of rotatable bonds is 7. The second-order valence-electron chi connectivity index (χ2n) is 12.1. The average Bonchev–Trinajstić information content (AvgIpc) is 3.23. The van der Waals surface area contributed by atoms with Crippen LogP contribution in [0, 0.1) is 11.8 Å². The van der Waals surface area contributed by atoms with E-state index in [-0.39, 0.29) is 36.9 Å². The van der Waals surface area contributed by atoms with Crippen LogP contribution in [-0.4, -0.2) is 88.8 Å². The maximum Gasteiger partial charge on any atom is 0.249 e. The minimum absolute atomic E-state index is 0.0975. The SMILES string of the molecule is CCOc1ccc(N2CC=C[C@@]3(C)O[C@]45C=CCN(C6CCCCC6)C(=O)C4N(CCCO)C(=O)[C@@H]5[C@H]3C2=O)cc1. The molecular formula is C32H41N3O6. The van der Waals surface area contributed by atoms with Crippen molar-refractivity contribution in [2.24, 2.45) is 11.8 Å². The molecule has 4 heterocycles. The van der Waals surface area contributed by atoms with Gasteiger partial charge in [0, 0.05) is 38.0 Å². The van der Waals surface area contributed by atoms with Crippen molar-refractivity contribution < 1.29 is 29.0 Å². The molecule has 0 bridgehead atoms. The van der Waals surface area contributed by atoms with E-state index in [9.17, 15) is 19.5 Å². The lowest BCUT2D eigenvalue weighted by Crippen LogP contribution is -2.57. The molecule has 3 amide bonds. The van der Waals surface area contributed by atoms with Crippen LogP contribution in [0.4, 0.5) is 5.69 Å². The predicted molar refractivity (Wildman–Crippen MR) is 153 cm³/mol. The van der Waals surface area contributed by atoms with Crippen LogP contribution in [0.1, 0.15) is 52.4 Å². The molecule has 41 heavy (non-hydrogen) atoms. The fourth-order valence-electron chi connectivity index (χ4n) is 7.86. The fraction of sp³-hybridized carbons (Fsp3) is 0.594. The second kappa shape index (κ2) is 10.9. The van der Waals surface area contributed by atoms with Gasteiger partial charge in [-0.1, -0.05) is 43.6 Å². The minimum Gasteiger partial charge on any atom is -0.494 e. The average molecular weight is 564 g/mol. The number of aliphatic hydroxyl groups is 1. The third-order valence-corrected chi connectivity index (χ3v) is 9.62. The molecule has 220 valence electrons. The monoisotopic (exact) mass is 563 g/mol. The van der Waals surface area contributed by atoms with Gasteiger partial charge in [-0.25, -0.2) is 0 Å². The molecule has 5 aliphatic rings. The first-order valence-electron chi connectivity index (χ1n) is 15.2. The Morgan fingerprint density at radius 3 is 2.39 bits per heavy atom. The van der Waals surface area contributed by atoms with Crippen LogP contribution in [0.15, 0.2) is 48.6 Å². The van der Waals surface area contributed by atoms with E-state index in [0.29, 0.717) is 31.8 Å². The molecule has 2 saturated heterocycles. The third kappa shape index (κ3) is 4.48. The molecule has 9 nitrogen and oxygen atoms in total. The number of anilines is 1. The molecule has 1 saturated carbocycles. The summed E-state index contributed by atoms with van der Waals surface area (Å²) in [6.45, 7) is 5.28. The maximum atomic E-state index is 14.4. The Labute approximate surface area is 241 Å². The first kappa shape index (κ1) is 28.0. The molecule has 1 spiro atoms. The molecule has 0 aromatic heterocycles. The predicted octanol–water partition coefficient (Wildman–Crippen LogP) is 3.07. The van der Waals surface area contributed by atoms with E-state index in [1.165, 1.54) is 6.42 Å². The van der Waals surface area contributed by atoms with E-state index in [1.54, 1.807) is 9.80 Å². The van der Waals surface area contributed by atoms with Crippen molar-refractivity contribution in [2.75, 3.05) is 37.7 Å². The van der Waals surface area contributed by atoms with Crippen molar-refractivity contribution in [3.8, 4) is 5.75 Å². The van der Waals surface area contributed by atoms with Crippen LogP contribution in [0.2, 0.25) is 0 Å². The molecule has 1 unspecified atom stereocenters. The van der Waals surface area contributed by atoms with E-state index >= 15 is 0 Å². The Balaban J connectivity index is 1.40. The van der Waals surface area contributed by atoms with Crippen molar-refractivity contribution in [3.63, 3.8) is 0 Å². The number of ether oxygens (including phenoxy) is 2. The minimum atomic E-state index is -1.27. The standard InChI is InChI=1S/C32H41N3O6/c1-3-40-24-14-12-23(13-15-24)33-18-7-16-31(2)25(28(33)37)26-29(38)35(20-9-21-36)27-30(39)34(22-10-5-4-6-11-22)19-8-17-32(26,27)41-31/h7-8,12-17,22,25-27,36H,3-6,9-11,18-21H2,1-2H3/t25-,26-,27?,31+,32-/m0/s1. The van der Waals surface area contributed by atoms with E-state index < -0.39 is 29.1 Å². The quantitative estimate of drug-likeness (QED) is 0.512. The highest BCUT2D eigenvalue weighted by Crippen LogP contribution is 2.57. The Morgan fingerprint density at radius 1 is 0.951 bits per heavy atom. The maximum absolute atomic E-state index is 14.4. The highest BCUT2D eigenvalue weighted by atomic mass is 16.5. The zero-order chi connectivity index (χ0) is 28.8. The number of carbonyl (C=O) groups is 3. The topological polar surface area (TPSA) is 99.6 Å². The van der Waals surface area contributed by atoms with Gasteiger partial charge in [0.1, 0.15) is 17.4 Å². The van der Waals surface area contributed by atoms with Crippen molar-refractivity contribution in [2.45, 2.75) is 75.7 Å². The molecule has 1 aromatic carbocycles. The summed E-state index contributed by atoms with van der Waals surface area (Å²) < 4.78 is 12.5. The van der Waals surface area contributed by atoms with Gasteiger partial charge in [-0.2, -0.15) is 0 Å². The van der Waals surface area contributed by atoms with Crippen molar-refractivity contribution in [3.05, 3.63) is 48.6 Å². The normalized spacial score (nSPS) is 33.5. The van der Waals surface area contributed by atoms with Gasteiger partial charge in [-0.05, 0) is 57.4 Å². The zero-order valence-electron chi connectivity index (χ0n) is 24.0. The van der Waals surface area contributed by atoms with Gasteiger partial charge in [0.05, 0.1) is 24.0 Å². The van der Waals surface area contributed by atoms with Crippen LogP contribution < -0.4 is 9.64 Å². The highest BCUT2D eigenvalue weighted by molar-refractivity contribution is 6.04. The second-order valence-corrected chi connectivity index (χ2v) is 12.1. The van der Waals surface area contributed by atoms with Gasteiger partial charge in [0.2, 0.25) is 17.7 Å². The van der Waals surface area contributed by atoms with Crippen molar-refractivity contribution in [1.29, 1.82) is 0 Å². The number of hydrogen-bond acceptors (Lipinski definition) is 6. The Bertz CT molecular complexity index is 1240. The van der Waals surface area contributed by atoms with Crippen LogP contribution in [0.5, 0.6) is 5.75 Å². The van der Waals surface area contributed by atoms with Gasteiger partial charge in [0.15, 0.2) is 0 Å². The number of aliphatic hydroxyl groups excluding tert-OH is 1. The largest absolute Gasteiger partial charge is 0.494 e.